The Morgan fingerprint density at radius 3 is 1.81 bits per heavy atom. The van der Waals surface area contributed by atoms with Gasteiger partial charge in [0.05, 0.1) is 0 Å². The van der Waals surface area contributed by atoms with Gasteiger partial charge in [-0.25, -0.2) is 0 Å². The summed E-state index contributed by atoms with van der Waals surface area (Å²) >= 11 is 0. The zero-order valence-corrected chi connectivity index (χ0v) is 16.6. The van der Waals surface area contributed by atoms with E-state index in [-0.39, 0.29) is 0 Å². The standard InChI is InChI=1S/C21H44/c1-10-20(21(8,9)11-2)19(7)15-17(5)13-12-14-18(6)16(3)4/h16-20H,10-15H2,1-9H3. The van der Waals surface area contributed by atoms with Crippen LogP contribution in [0.1, 0.15) is 101 Å². The second-order valence-electron chi connectivity index (χ2n) is 8.83. The van der Waals surface area contributed by atoms with Crippen molar-refractivity contribution in [2.24, 2.45) is 35.0 Å². The van der Waals surface area contributed by atoms with E-state index in [9.17, 15) is 0 Å². The van der Waals surface area contributed by atoms with Crippen molar-refractivity contribution in [3.05, 3.63) is 0 Å². The van der Waals surface area contributed by atoms with Gasteiger partial charge in [-0.3, -0.25) is 0 Å². The summed E-state index contributed by atoms with van der Waals surface area (Å²) in [7, 11) is 0. The molecule has 0 amide bonds. The maximum atomic E-state index is 2.50. The number of hydrogen-bond acceptors (Lipinski definition) is 0. The normalized spacial score (nSPS) is 18.6. The molecule has 0 aliphatic carbocycles. The van der Waals surface area contributed by atoms with Crippen LogP contribution in [0.4, 0.5) is 0 Å². The highest BCUT2D eigenvalue weighted by molar-refractivity contribution is 4.81. The van der Waals surface area contributed by atoms with Crippen LogP contribution in [0.3, 0.4) is 0 Å². The first kappa shape index (κ1) is 21.0. The van der Waals surface area contributed by atoms with Gasteiger partial charge in [0.25, 0.3) is 0 Å². The molecule has 0 rings (SSSR count). The first-order valence-corrected chi connectivity index (χ1v) is 9.65. The van der Waals surface area contributed by atoms with Gasteiger partial charge in [-0.05, 0) is 41.4 Å². The second-order valence-corrected chi connectivity index (χ2v) is 8.83. The van der Waals surface area contributed by atoms with E-state index in [2.05, 4.69) is 62.3 Å². The van der Waals surface area contributed by atoms with Crippen LogP contribution >= 0.6 is 0 Å². The Kier molecular flexibility index (Phi) is 9.90. The molecule has 21 heavy (non-hydrogen) atoms. The van der Waals surface area contributed by atoms with Gasteiger partial charge < -0.3 is 0 Å². The molecule has 0 heterocycles. The van der Waals surface area contributed by atoms with Crippen LogP contribution < -0.4 is 0 Å². The second kappa shape index (κ2) is 9.90. The predicted octanol–water partition coefficient (Wildman–Crippen LogP) is 7.57. The van der Waals surface area contributed by atoms with E-state index in [0.29, 0.717) is 5.41 Å². The summed E-state index contributed by atoms with van der Waals surface area (Å²) in [6, 6.07) is 0. The Morgan fingerprint density at radius 2 is 1.38 bits per heavy atom. The van der Waals surface area contributed by atoms with Crippen LogP contribution in [0.2, 0.25) is 0 Å². The quantitative estimate of drug-likeness (QED) is 0.369. The molecule has 0 bridgehead atoms. The number of rotatable bonds is 11. The van der Waals surface area contributed by atoms with Crippen LogP contribution in [-0.4, -0.2) is 0 Å². The molecule has 4 unspecified atom stereocenters. The molecule has 0 radical (unpaired) electrons. The lowest BCUT2D eigenvalue weighted by Gasteiger charge is -2.38. The van der Waals surface area contributed by atoms with Gasteiger partial charge in [0.2, 0.25) is 0 Å². The predicted molar refractivity (Wildman–Crippen MR) is 98.7 cm³/mol. The topological polar surface area (TPSA) is 0 Å². The fourth-order valence-electron chi connectivity index (χ4n) is 4.03. The van der Waals surface area contributed by atoms with Gasteiger partial charge >= 0.3 is 0 Å². The van der Waals surface area contributed by atoms with Crippen molar-refractivity contribution in [3.63, 3.8) is 0 Å². The van der Waals surface area contributed by atoms with E-state index in [1.54, 1.807) is 0 Å². The molecule has 0 aliphatic rings. The van der Waals surface area contributed by atoms with Crippen LogP contribution in [-0.2, 0) is 0 Å². The van der Waals surface area contributed by atoms with E-state index in [4.69, 9.17) is 0 Å². The highest BCUT2D eigenvalue weighted by Gasteiger charge is 2.31. The van der Waals surface area contributed by atoms with Crippen LogP contribution in [0.25, 0.3) is 0 Å². The van der Waals surface area contributed by atoms with Gasteiger partial charge in [-0.2, -0.15) is 0 Å². The van der Waals surface area contributed by atoms with E-state index in [1.807, 2.05) is 0 Å². The average molecular weight is 297 g/mol. The minimum Gasteiger partial charge on any atom is -0.0651 e. The van der Waals surface area contributed by atoms with Gasteiger partial charge in [-0.15, -0.1) is 0 Å². The molecule has 0 nitrogen and oxygen atoms in total. The zero-order chi connectivity index (χ0) is 16.6. The zero-order valence-electron chi connectivity index (χ0n) is 16.6. The van der Waals surface area contributed by atoms with Gasteiger partial charge in [0.15, 0.2) is 0 Å². The third kappa shape index (κ3) is 7.71. The van der Waals surface area contributed by atoms with E-state index < -0.39 is 0 Å². The van der Waals surface area contributed by atoms with E-state index in [1.165, 1.54) is 38.5 Å². The van der Waals surface area contributed by atoms with Gasteiger partial charge in [-0.1, -0.05) is 94.4 Å². The first-order chi connectivity index (χ1) is 9.65. The lowest BCUT2D eigenvalue weighted by Crippen LogP contribution is -2.29. The maximum Gasteiger partial charge on any atom is -0.0326 e. The average Bonchev–Trinajstić information content (AvgIpc) is 2.38. The number of hydrogen-bond donors (Lipinski definition) is 0. The van der Waals surface area contributed by atoms with Gasteiger partial charge in [0.1, 0.15) is 0 Å². The summed E-state index contributed by atoms with van der Waals surface area (Å²) in [6.07, 6.45) is 8.30. The molecule has 0 aliphatic heterocycles. The minimum absolute atomic E-state index is 0.500. The van der Waals surface area contributed by atoms with E-state index >= 15 is 0 Å². The SMILES string of the molecule is CCC(C(C)CC(C)CCCC(C)C(C)C)C(C)(C)CC. The molecule has 128 valence electrons. The molecule has 4 atom stereocenters. The Morgan fingerprint density at radius 1 is 0.810 bits per heavy atom. The van der Waals surface area contributed by atoms with Crippen molar-refractivity contribution in [1.82, 2.24) is 0 Å². The summed E-state index contributed by atoms with van der Waals surface area (Å²) in [5.74, 6) is 4.36. The fraction of sp³-hybridized carbons (Fsp3) is 1.00. The molecule has 0 heteroatoms. The molecule has 0 aromatic rings. The van der Waals surface area contributed by atoms with Crippen molar-refractivity contribution < 1.29 is 0 Å². The lowest BCUT2D eigenvalue weighted by atomic mass is 9.67. The third-order valence-corrected chi connectivity index (χ3v) is 6.31. The lowest BCUT2D eigenvalue weighted by molar-refractivity contribution is 0.118. The molecule has 0 aromatic carbocycles. The molecule has 0 spiro atoms. The largest absolute Gasteiger partial charge is 0.0651 e. The molecule has 0 fully saturated rings. The van der Waals surface area contributed by atoms with Crippen molar-refractivity contribution in [2.75, 3.05) is 0 Å². The molecule has 0 N–H and O–H groups in total. The monoisotopic (exact) mass is 296 g/mol. The minimum atomic E-state index is 0.500. The fourth-order valence-corrected chi connectivity index (χ4v) is 4.03. The van der Waals surface area contributed by atoms with Crippen LogP contribution in [0, 0.1) is 35.0 Å². The smallest absolute Gasteiger partial charge is 0.0326 e. The maximum absolute atomic E-state index is 2.50. The van der Waals surface area contributed by atoms with Crippen LogP contribution in [0.15, 0.2) is 0 Å². The summed E-state index contributed by atoms with van der Waals surface area (Å²) in [4.78, 5) is 0. The Bertz CT molecular complexity index is 251. The third-order valence-electron chi connectivity index (χ3n) is 6.31. The van der Waals surface area contributed by atoms with E-state index in [0.717, 1.165) is 29.6 Å². The highest BCUT2D eigenvalue weighted by atomic mass is 14.4. The Labute approximate surface area is 136 Å². The van der Waals surface area contributed by atoms with Crippen molar-refractivity contribution in [2.45, 2.75) is 101 Å². The summed E-state index contributed by atoms with van der Waals surface area (Å²) in [5.41, 5.74) is 0.500. The van der Waals surface area contributed by atoms with Gasteiger partial charge in [0, 0.05) is 0 Å². The van der Waals surface area contributed by atoms with Crippen molar-refractivity contribution >= 4 is 0 Å². The van der Waals surface area contributed by atoms with Crippen molar-refractivity contribution in [3.8, 4) is 0 Å². The van der Waals surface area contributed by atoms with Crippen molar-refractivity contribution in [1.29, 1.82) is 0 Å². The summed E-state index contributed by atoms with van der Waals surface area (Å²) in [6.45, 7) is 21.8. The molecular formula is C21H44. The van der Waals surface area contributed by atoms with Crippen LogP contribution in [0.5, 0.6) is 0 Å². The first-order valence-electron chi connectivity index (χ1n) is 9.65. The molecule has 0 saturated carbocycles. The molecule has 0 aromatic heterocycles. The molecular weight excluding hydrogens is 252 g/mol. The molecule has 0 saturated heterocycles. The summed E-state index contributed by atoms with van der Waals surface area (Å²) < 4.78 is 0. The summed E-state index contributed by atoms with van der Waals surface area (Å²) in [5, 5.41) is 0. The highest BCUT2D eigenvalue weighted by Crippen LogP contribution is 2.40. The Hall–Kier alpha value is 0. The Balaban J connectivity index is 4.21.